The molecule has 2 unspecified atom stereocenters. The minimum Gasteiger partial charge on any atom is -0.398 e. The van der Waals surface area contributed by atoms with E-state index in [1.54, 1.807) is 13.3 Å². The average Bonchev–Trinajstić information content (AvgIpc) is 3.37. The zero-order chi connectivity index (χ0) is 29.4. The fraction of sp³-hybridized carbons (Fsp3) is 0.519. The van der Waals surface area contributed by atoms with Gasteiger partial charge in [0, 0.05) is 38.0 Å². The van der Waals surface area contributed by atoms with E-state index in [9.17, 15) is 24.2 Å². The fourth-order valence-corrected chi connectivity index (χ4v) is 6.30. The molecule has 0 bridgehead atoms. The standard InChI is InChI=1S/C25H30F5N5O2S.C2H6/c1-37-17-4-2-3-16(13-17)23-33-22-19(7-10-32-24(22)34-23)15-8-11-35(12-9-15)25(36)20-6-5-18(14-21(20)31)38(26,27,28,29)30;1-2/h5-7,10,14-17H,2-4,8-9,11-13,31H2,1H3,(H,32,33,34);1-2H3. The van der Waals surface area contributed by atoms with Crippen molar-refractivity contribution >= 4 is 33.0 Å². The van der Waals surface area contributed by atoms with Gasteiger partial charge in [0.25, 0.3) is 5.91 Å². The number of aromatic nitrogens is 3. The molecule has 2 aromatic heterocycles. The number of piperidine rings is 1. The molecule has 1 aliphatic heterocycles. The molecule has 1 saturated heterocycles. The van der Waals surface area contributed by atoms with Gasteiger partial charge in [0.05, 0.1) is 17.2 Å². The molecule has 0 spiro atoms. The minimum absolute atomic E-state index is 0.115. The Bertz CT molecular complexity index is 1370. The van der Waals surface area contributed by atoms with Crippen molar-refractivity contribution in [2.24, 2.45) is 0 Å². The number of likely N-dealkylation sites (tertiary alicyclic amines) is 1. The molecule has 3 N–H and O–H groups in total. The summed E-state index contributed by atoms with van der Waals surface area (Å²) in [7, 11) is -8.16. The summed E-state index contributed by atoms with van der Waals surface area (Å²) in [6.07, 6.45) is 7.20. The molecule has 222 valence electrons. The molecule has 2 fully saturated rings. The van der Waals surface area contributed by atoms with Gasteiger partial charge in [0.1, 0.15) is 10.7 Å². The SMILES string of the molecule is CC.COC1CCCC(c2nc3nccc(C4CCN(C(=O)c5ccc(S(F)(F)(F)(F)F)cc5N)CC4)c3[nH]2)C1. The number of nitrogen functional groups attached to an aromatic ring is 1. The third kappa shape index (κ3) is 6.35. The van der Waals surface area contributed by atoms with Gasteiger partial charge >= 0.3 is 10.2 Å². The number of nitrogens with two attached hydrogens (primary N) is 1. The van der Waals surface area contributed by atoms with E-state index in [-0.39, 0.29) is 35.6 Å². The van der Waals surface area contributed by atoms with Crippen LogP contribution in [0.5, 0.6) is 0 Å². The second-order valence-corrected chi connectivity index (χ2v) is 12.6. The van der Waals surface area contributed by atoms with E-state index >= 15 is 0 Å². The van der Waals surface area contributed by atoms with Crippen LogP contribution in [0.4, 0.5) is 25.1 Å². The van der Waals surface area contributed by atoms with E-state index < -0.39 is 26.7 Å². The first kappa shape index (κ1) is 30.0. The number of carbonyl (C=O) groups is 1. The number of nitrogens with one attached hydrogen (secondary N) is 1. The lowest BCUT2D eigenvalue weighted by molar-refractivity contribution is 0.0625. The summed E-state index contributed by atoms with van der Waals surface area (Å²) in [5.41, 5.74) is 7.35. The highest BCUT2D eigenvalue weighted by Crippen LogP contribution is 3.02. The number of hydrogen-bond acceptors (Lipinski definition) is 5. The van der Waals surface area contributed by atoms with Crippen molar-refractivity contribution < 1.29 is 29.0 Å². The van der Waals surface area contributed by atoms with Crippen LogP contribution in [0.2, 0.25) is 0 Å². The molecule has 1 aliphatic carbocycles. The zero-order valence-corrected chi connectivity index (χ0v) is 23.6. The van der Waals surface area contributed by atoms with Crippen LogP contribution < -0.4 is 5.73 Å². The van der Waals surface area contributed by atoms with E-state index in [4.69, 9.17) is 15.5 Å². The highest BCUT2D eigenvalue weighted by molar-refractivity contribution is 8.45. The largest absolute Gasteiger partial charge is 0.398 e. The Hall–Kier alpha value is -2.93. The zero-order valence-electron chi connectivity index (χ0n) is 22.8. The number of carbonyl (C=O) groups excluding carboxylic acids is 1. The predicted molar refractivity (Wildman–Crippen MR) is 147 cm³/mol. The molecular weight excluding hydrogens is 553 g/mol. The molecule has 1 aromatic carbocycles. The summed E-state index contributed by atoms with van der Waals surface area (Å²) in [5, 5.41) is 0. The number of halogens is 5. The van der Waals surface area contributed by atoms with Crippen molar-refractivity contribution in [1.82, 2.24) is 19.9 Å². The summed E-state index contributed by atoms with van der Waals surface area (Å²) in [5.74, 6) is 0.707. The maximum Gasteiger partial charge on any atom is 0.310 e. The van der Waals surface area contributed by atoms with Crippen LogP contribution >= 0.6 is 10.2 Å². The van der Waals surface area contributed by atoms with Crippen LogP contribution in [-0.4, -0.2) is 52.1 Å². The molecule has 7 nitrogen and oxygen atoms in total. The summed E-state index contributed by atoms with van der Waals surface area (Å²) < 4.78 is 71.1. The van der Waals surface area contributed by atoms with Gasteiger partial charge in [-0.2, -0.15) is 0 Å². The summed E-state index contributed by atoms with van der Waals surface area (Å²) >= 11 is 0. The number of hydrogen-bond donors (Lipinski definition) is 2. The molecule has 3 heterocycles. The molecule has 5 rings (SSSR count). The van der Waals surface area contributed by atoms with Crippen LogP contribution in [0.25, 0.3) is 11.2 Å². The van der Waals surface area contributed by atoms with E-state index in [1.807, 2.05) is 19.9 Å². The molecule has 0 radical (unpaired) electrons. The van der Waals surface area contributed by atoms with Crippen molar-refractivity contribution in [3.63, 3.8) is 0 Å². The molecule has 13 heteroatoms. The minimum atomic E-state index is -9.89. The van der Waals surface area contributed by atoms with Crippen LogP contribution in [0.3, 0.4) is 0 Å². The van der Waals surface area contributed by atoms with Crippen LogP contribution in [0, 0.1) is 0 Å². The third-order valence-electron chi connectivity index (χ3n) is 7.71. The van der Waals surface area contributed by atoms with Crippen molar-refractivity contribution in [3.8, 4) is 0 Å². The van der Waals surface area contributed by atoms with Crippen molar-refractivity contribution in [2.75, 3.05) is 25.9 Å². The molecule has 40 heavy (non-hydrogen) atoms. The molecule has 1 amide bonds. The Kier molecular flexibility index (Phi) is 7.87. The van der Waals surface area contributed by atoms with E-state index in [0.717, 1.165) is 48.7 Å². The Morgan fingerprint density at radius 2 is 1.75 bits per heavy atom. The number of benzene rings is 1. The van der Waals surface area contributed by atoms with Gasteiger partial charge < -0.3 is 20.4 Å². The first-order valence-electron chi connectivity index (χ1n) is 13.5. The maximum atomic E-state index is 13.1. The van der Waals surface area contributed by atoms with Gasteiger partial charge in [-0.1, -0.05) is 39.7 Å². The number of rotatable bonds is 5. The van der Waals surface area contributed by atoms with Gasteiger partial charge in [0.2, 0.25) is 0 Å². The molecule has 2 atom stereocenters. The first-order valence-corrected chi connectivity index (χ1v) is 15.5. The number of ether oxygens (including phenoxy) is 1. The predicted octanol–water partition coefficient (Wildman–Crippen LogP) is 7.92. The van der Waals surface area contributed by atoms with Gasteiger partial charge in [-0.15, -0.1) is 0 Å². The number of methoxy groups -OCH3 is 1. The second-order valence-electron chi connectivity index (χ2n) is 10.2. The normalized spacial score (nSPS) is 22.2. The quantitative estimate of drug-likeness (QED) is 0.233. The van der Waals surface area contributed by atoms with Crippen LogP contribution in [0.15, 0.2) is 35.4 Å². The Labute approximate surface area is 230 Å². The van der Waals surface area contributed by atoms with Crippen LogP contribution in [0.1, 0.15) is 86.0 Å². The van der Waals surface area contributed by atoms with Gasteiger partial charge in [0.15, 0.2) is 5.65 Å². The number of fused-ring (bicyclic) bond motifs is 1. The Morgan fingerprint density at radius 3 is 2.38 bits per heavy atom. The first-order chi connectivity index (χ1) is 18.7. The molecule has 2 aliphatic rings. The van der Waals surface area contributed by atoms with E-state index in [2.05, 4.69) is 9.97 Å². The summed E-state index contributed by atoms with van der Waals surface area (Å²) in [6, 6.07) is 3.05. The van der Waals surface area contributed by atoms with E-state index in [1.165, 1.54) is 4.90 Å². The molecule has 1 saturated carbocycles. The number of H-pyrrole nitrogens is 1. The second kappa shape index (κ2) is 10.5. The lowest BCUT2D eigenvalue weighted by Crippen LogP contribution is -2.38. The topological polar surface area (TPSA) is 97.1 Å². The van der Waals surface area contributed by atoms with Gasteiger partial charge in [-0.3, -0.25) is 4.79 Å². The number of anilines is 1. The lowest BCUT2D eigenvalue weighted by Gasteiger charge is -2.40. The summed E-state index contributed by atoms with van der Waals surface area (Å²) in [6.45, 7) is 4.68. The van der Waals surface area contributed by atoms with Crippen molar-refractivity contribution in [1.29, 1.82) is 0 Å². The molecular formula is C27H36F5N5O2S. The van der Waals surface area contributed by atoms with Crippen molar-refractivity contribution in [2.45, 2.75) is 75.2 Å². The number of amides is 1. The Balaban J connectivity index is 0.00000181. The highest BCUT2D eigenvalue weighted by Gasteiger charge is 2.65. The summed E-state index contributed by atoms with van der Waals surface area (Å²) in [4.78, 5) is 25.0. The van der Waals surface area contributed by atoms with Gasteiger partial charge in [-0.05, 0) is 67.9 Å². The number of nitrogens with zero attached hydrogens (tertiary/aromatic N) is 3. The number of pyridine rings is 1. The monoisotopic (exact) mass is 589 g/mol. The maximum absolute atomic E-state index is 13.1. The lowest BCUT2D eigenvalue weighted by atomic mass is 9.86. The highest BCUT2D eigenvalue weighted by atomic mass is 32.5. The van der Waals surface area contributed by atoms with Gasteiger partial charge in [-0.25, -0.2) is 9.97 Å². The fourth-order valence-electron chi connectivity index (χ4n) is 5.63. The number of aromatic amines is 1. The smallest absolute Gasteiger partial charge is 0.310 e. The number of imidazole rings is 1. The van der Waals surface area contributed by atoms with E-state index in [0.29, 0.717) is 31.6 Å². The third-order valence-corrected chi connectivity index (χ3v) is 8.85. The molecule has 3 aromatic rings. The van der Waals surface area contributed by atoms with Crippen molar-refractivity contribution in [3.05, 3.63) is 47.4 Å². The van der Waals surface area contributed by atoms with Crippen LogP contribution in [-0.2, 0) is 4.74 Å². The average molecular weight is 590 g/mol. The Morgan fingerprint density at radius 1 is 1.05 bits per heavy atom.